The highest BCUT2D eigenvalue weighted by Crippen LogP contribution is 2.21. The van der Waals surface area contributed by atoms with Gasteiger partial charge >= 0.3 is 0 Å². The molecule has 2 N–H and O–H groups in total. The van der Waals surface area contributed by atoms with Crippen molar-refractivity contribution in [2.75, 3.05) is 10.6 Å². The van der Waals surface area contributed by atoms with Gasteiger partial charge in [0.05, 0.1) is 23.1 Å². The van der Waals surface area contributed by atoms with Gasteiger partial charge in [-0.05, 0) is 23.8 Å². The molecule has 0 aliphatic heterocycles. The number of hydrogen-bond acceptors (Lipinski definition) is 4. The molecule has 0 radical (unpaired) electrons. The van der Waals surface area contributed by atoms with Gasteiger partial charge in [-0.3, -0.25) is 4.79 Å². The lowest BCUT2D eigenvalue weighted by Gasteiger charge is -2.08. The number of nitrogens with zero attached hydrogens (tertiary/aromatic N) is 2. The quantitative estimate of drug-likeness (QED) is 0.683. The Kier molecular flexibility index (Phi) is 5.48. The molecule has 1 aromatic heterocycles. The second kappa shape index (κ2) is 7.96. The zero-order valence-corrected chi connectivity index (χ0v) is 14.6. The van der Waals surface area contributed by atoms with E-state index in [4.69, 9.17) is 23.2 Å². The van der Waals surface area contributed by atoms with Gasteiger partial charge in [0.15, 0.2) is 0 Å². The third-order valence-electron chi connectivity index (χ3n) is 3.42. The van der Waals surface area contributed by atoms with Crippen molar-refractivity contribution in [3.05, 3.63) is 82.2 Å². The van der Waals surface area contributed by atoms with E-state index in [-0.39, 0.29) is 11.6 Å². The summed E-state index contributed by atoms with van der Waals surface area (Å²) in [4.78, 5) is 20.5. The number of halogens is 2. The Labute approximate surface area is 155 Å². The minimum absolute atomic E-state index is 0.197. The van der Waals surface area contributed by atoms with Crippen LogP contribution in [0.2, 0.25) is 10.0 Å². The Morgan fingerprint density at radius 3 is 2.32 bits per heavy atom. The van der Waals surface area contributed by atoms with Gasteiger partial charge < -0.3 is 10.6 Å². The lowest BCUT2D eigenvalue weighted by molar-refractivity contribution is 0.102. The maximum absolute atomic E-state index is 12.2. The first kappa shape index (κ1) is 17.2. The number of anilines is 2. The first-order chi connectivity index (χ1) is 12.1. The molecular weight excluding hydrogens is 359 g/mol. The number of carbonyl (C=O) groups is 1. The van der Waals surface area contributed by atoms with Crippen LogP contribution < -0.4 is 10.6 Å². The minimum atomic E-state index is -0.377. The summed E-state index contributed by atoms with van der Waals surface area (Å²) in [7, 11) is 0. The van der Waals surface area contributed by atoms with Gasteiger partial charge in [0.2, 0.25) is 0 Å². The smallest absolute Gasteiger partial charge is 0.275 e. The average Bonchev–Trinajstić information content (AvgIpc) is 2.63. The third-order valence-corrected chi connectivity index (χ3v) is 4.12. The lowest BCUT2D eigenvalue weighted by atomic mass is 10.2. The number of rotatable bonds is 5. The fraction of sp³-hybridized carbons (Fsp3) is 0.0556. The number of benzene rings is 2. The van der Waals surface area contributed by atoms with Gasteiger partial charge in [-0.15, -0.1) is 0 Å². The van der Waals surface area contributed by atoms with Crippen LogP contribution in [0.4, 0.5) is 11.5 Å². The van der Waals surface area contributed by atoms with E-state index in [2.05, 4.69) is 20.6 Å². The Morgan fingerprint density at radius 1 is 0.920 bits per heavy atom. The zero-order valence-electron chi connectivity index (χ0n) is 13.0. The SMILES string of the molecule is O=C(Nc1ccccc1Cl)c1cnc(NCc2ccccc2Cl)cn1. The van der Waals surface area contributed by atoms with E-state index in [9.17, 15) is 4.79 Å². The van der Waals surface area contributed by atoms with Crippen LogP contribution in [0.25, 0.3) is 0 Å². The summed E-state index contributed by atoms with van der Waals surface area (Å²) in [5, 5.41) is 6.96. The molecule has 0 unspecified atom stereocenters. The van der Waals surface area contributed by atoms with Gasteiger partial charge in [-0.1, -0.05) is 53.5 Å². The molecule has 0 fully saturated rings. The molecule has 7 heteroatoms. The van der Waals surface area contributed by atoms with E-state index in [1.54, 1.807) is 24.3 Å². The van der Waals surface area contributed by atoms with Crippen LogP contribution in [-0.2, 0) is 6.54 Å². The summed E-state index contributed by atoms with van der Waals surface area (Å²) < 4.78 is 0. The highest BCUT2D eigenvalue weighted by Gasteiger charge is 2.10. The van der Waals surface area contributed by atoms with Crippen molar-refractivity contribution in [3.63, 3.8) is 0 Å². The molecule has 5 nitrogen and oxygen atoms in total. The molecule has 0 bridgehead atoms. The van der Waals surface area contributed by atoms with E-state index >= 15 is 0 Å². The van der Waals surface area contributed by atoms with Gasteiger partial charge in [-0.2, -0.15) is 0 Å². The Bertz CT molecular complexity index is 884. The number of carbonyl (C=O) groups excluding carboxylic acids is 1. The van der Waals surface area contributed by atoms with Gasteiger partial charge in [-0.25, -0.2) is 9.97 Å². The zero-order chi connectivity index (χ0) is 17.6. The number of aromatic nitrogens is 2. The molecule has 0 spiro atoms. The van der Waals surface area contributed by atoms with Crippen LogP contribution in [0.3, 0.4) is 0 Å². The van der Waals surface area contributed by atoms with E-state index in [0.717, 1.165) is 5.56 Å². The molecule has 0 saturated carbocycles. The summed E-state index contributed by atoms with van der Waals surface area (Å²) in [5.74, 6) is 0.174. The molecule has 1 amide bonds. The first-order valence-corrected chi connectivity index (χ1v) is 8.24. The highest BCUT2D eigenvalue weighted by atomic mass is 35.5. The van der Waals surface area contributed by atoms with Crippen LogP contribution >= 0.6 is 23.2 Å². The number of hydrogen-bond donors (Lipinski definition) is 2. The lowest BCUT2D eigenvalue weighted by Crippen LogP contribution is -2.14. The first-order valence-electron chi connectivity index (χ1n) is 7.48. The molecule has 0 saturated heterocycles. The van der Waals surface area contributed by atoms with E-state index in [0.29, 0.717) is 28.1 Å². The van der Waals surface area contributed by atoms with Gasteiger partial charge in [0.1, 0.15) is 11.5 Å². The van der Waals surface area contributed by atoms with Gasteiger partial charge in [0, 0.05) is 11.6 Å². The maximum Gasteiger partial charge on any atom is 0.275 e. The standard InChI is InChI=1S/C18H14Cl2N4O/c19-13-6-2-1-5-12(13)9-22-17-11-21-16(10-23-17)18(25)24-15-8-4-3-7-14(15)20/h1-8,10-11H,9H2,(H,22,23)(H,24,25). The topological polar surface area (TPSA) is 66.9 Å². The van der Waals surface area contributed by atoms with Crippen LogP contribution in [0.5, 0.6) is 0 Å². The van der Waals surface area contributed by atoms with Crippen molar-refractivity contribution in [1.29, 1.82) is 0 Å². The van der Waals surface area contributed by atoms with Crippen molar-refractivity contribution < 1.29 is 4.79 Å². The average molecular weight is 373 g/mol. The number of nitrogens with one attached hydrogen (secondary N) is 2. The molecule has 2 aromatic carbocycles. The van der Waals surface area contributed by atoms with Gasteiger partial charge in [0.25, 0.3) is 5.91 Å². The predicted octanol–water partition coefficient (Wildman–Crippen LogP) is 4.65. The van der Waals surface area contributed by atoms with E-state index in [1.807, 2.05) is 24.3 Å². The summed E-state index contributed by atoms with van der Waals surface area (Å²) in [6.07, 6.45) is 2.90. The second-order valence-corrected chi connectivity index (χ2v) is 5.98. The number of amides is 1. The Balaban J connectivity index is 1.63. The van der Waals surface area contributed by atoms with Crippen molar-refractivity contribution >= 4 is 40.6 Å². The molecular formula is C18H14Cl2N4O. The van der Waals surface area contributed by atoms with Crippen LogP contribution in [0.1, 0.15) is 16.1 Å². The number of para-hydroxylation sites is 1. The normalized spacial score (nSPS) is 10.3. The van der Waals surface area contributed by atoms with E-state index in [1.165, 1.54) is 12.4 Å². The van der Waals surface area contributed by atoms with Crippen LogP contribution in [0.15, 0.2) is 60.9 Å². The Hall–Kier alpha value is -2.63. The minimum Gasteiger partial charge on any atom is -0.365 e. The fourth-order valence-corrected chi connectivity index (χ4v) is 2.50. The monoisotopic (exact) mass is 372 g/mol. The van der Waals surface area contributed by atoms with Crippen molar-refractivity contribution in [3.8, 4) is 0 Å². The predicted molar refractivity (Wildman–Crippen MR) is 100 cm³/mol. The summed E-state index contributed by atoms with van der Waals surface area (Å²) in [5.41, 5.74) is 1.67. The molecule has 0 aliphatic carbocycles. The van der Waals surface area contributed by atoms with Crippen LogP contribution in [0, 0.1) is 0 Å². The molecule has 0 aliphatic rings. The summed E-state index contributed by atoms with van der Waals surface area (Å²) >= 11 is 12.1. The summed E-state index contributed by atoms with van der Waals surface area (Å²) in [6.45, 7) is 0.513. The molecule has 1 heterocycles. The van der Waals surface area contributed by atoms with Crippen molar-refractivity contribution in [1.82, 2.24) is 9.97 Å². The fourth-order valence-electron chi connectivity index (χ4n) is 2.11. The second-order valence-electron chi connectivity index (χ2n) is 5.17. The third kappa shape index (κ3) is 4.47. The van der Waals surface area contributed by atoms with Crippen molar-refractivity contribution in [2.24, 2.45) is 0 Å². The molecule has 25 heavy (non-hydrogen) atoms. The van der Waals surface area contributed by atoms with Crippen molar-refractivity contribution in [2.45, 2.75) is 6.54 Å². The highest BCUT2D eigenvalue weighted by molar-refractivity contribution is 6.33. The summed E-state index contributed by atoms with van der Waals surface area (Å²) in [6, 6.07) is 14.5. The largest absolute Gasteiger partial charge is 0.365 e. The Morgan fingerprint density at radius 2 is 1.64 bits per heavy atom. The molecule has 3 rings (SSSR count). The van der Waals surface area contributed by atoms with E-state index < -0.39 is 0 Å². The molecule has 3 aromatic rings. The maximum atomic E-state index is 12.2. The van der Waals surface area contributed by atoms with Crippen LogP contribution in [-0.4, -0.2) is 15.9 Å². The molecule has 0 atom stereocenters. The molecule has 126 valence electrons.